The Morgan fingerprint density at radius 3 is 2.31 bits per heavy atom. The maximum absolute atomic E-state index is 8.90. The van der Waals surface area contributed by atoms with Gasteiger partial charge in [0.25, 0.3) is 0 Å². The van der Waals surface area contributed by atoms with Gasteiger partial charge in [-0.05, 0) is 44.1 Å². The topological polar surface area (TPSA) is 44.3 Å². The maximum Gasteiger partial charge on any atom is 0.0681 e. The minimum absolute atomic E-state index is 0.115. The van der Waals surface area contributed by atoms with E-state index in [9.17, 15) is 0 Å². The molecule has 3 N–H and O–H groups in total. The lowest BCUT2D eigenvalue weighted by Gasteiger charge is -2.06. The highest BCUT2D eigenvalue weighted by atomic mass is 16.3. The average molecular weight is 222 g/mol. The van der Waals surface area contributed by atoms with Crippen molar-refractivity contribution in [3.05, 3.63) is 29.8 Å². The van der Waals surface area contributed by atoms with Gasteiger partial charge in [-0.15, -0.1) is 0 Å². The van der Waals surface area contributed by atoms with E-state index in [1.54, 1.807) is 0 Å². The summed E-state index contributed by atoms with van der Waals surface area (Å²) in [6.45, 7) is 2.23. The summed E-state index contributed by atoms with van der Waals surface area (Å²) >= 11 is 0. The van der Waals surface area contributed by atoms with E-state index in [0.717, 1.165) is 24.3 Å². The van der Waals surface area contributed by atoms with E-state index in [0.29, 0.717) is 0 Å². The molecule has 0 aliphatic rings. The third kappa shape index (κ3) is 5.14. The van der Waals surface area contributed by atoms with Crippen LogP contribution in [0, 0.1) is 0 Å². The molecule has 0 radical (unpaired) electrons. The monoisotopic (exact) mass is 222 g/mol. The number of anilines is 1. The quantitative estimate of drug-likeness (QED) is 0.589. The smallest absolute Gasteiger partial charge is 0.0681 e. The summed E-state index contributed by atoms with van der Waals surface area (Å²) in [4.78, 5) is 0. The average Bonchev–Trinajstić information content (AvgIpc) is 2.34. The van der Waals surface area contributed by atoms with Gasteiger partial charge in [0.15, 0.2) is 0 Å². The molecule has 0 aliphatic carbocycles. The van der Waals surface area contributed by atoms with Crippen LogP contribution in [0.3, 0.4) is 0 Å². The Labute approximate surface area is 97.9 Å². The van der Waals surface area contributed by atoms with Crippen LogP contribution in [0.1, 0.15) is 24.8 Å². The summed E-state index contributed by atoms with van der Waals surface area (Å²) in [5.74, 6) is 0. The number of hydrogen-bond acceptors (Lipinski definition) is 3. The molecule has 0 bridgehead atoms. The maximum atomic E-state index is 8.90. The van der Waals surface area contributed by atoms with Gasteiger partial charge in [-0.3, -0.25) is 0 Å². The Bertz CT molecular complexity index is 272. The van der Waals surface area contributed by atoms with Crippen molar-refractivity contribution in [1.29, 1.82) is 0 Å². The Balaban J connectivity index is 2.12. The predicted octanol–water partition coefficient (Wildman–Crippen LogP) is 1.98. The van der Waals surface area contributed by atoms with E-state index in [4.69, 9.17) is 5.11 Å². The van der Waals surface area contributed by atoms with Crippen LogP contribution < -0.4 is 10.6 Å². The van der Waals surface area contributed by atoms with E-state index in [1.165, 1.54) is 19.3 Å². The summed E-state index contributed by atoms with van der Waals surface area (Å²) in [5.41, 5.74) is 2.09. The Morgan fingerprint density at radius 2 is 1.69 bits per heavy atom. The summed E-state index contributed by atoms with van der Waals surface area (Å²) in [7, 11) is 1.99. The van der Waals surface area contributed by atoms with Crippen LogP contribution in [0.25, 0.3) is 0 Å². The number of nitrogens with one attached hydrogen (secondary N) is 2. The molecular weight excluding hydrogens is 200 g/mol. The predicted molar refractivity (Wildman–Crippen MR) is 68.6 cm³/mol. The Morgan fingerprint density at radius 1 is 1.00 bits per heavy atom. The van der Waals surface area contributed by atoms with Crippen molar-refractivity contribution in [3.63, 3.8) is 0 Å². The van der Waals surface area contributed by atoms with Crippen molar-refractivity contribution in [2.75, 3.05) is 25.5 Å². The lowest BCUT2D eigenvalue weighted by Crippen LogP contribution is -2.08. The number of benzene rings is 1. The number of unbranched alkanes of at least 4 members (excludes halogenated alkanes) is 2. The fraction of sp³-hybridized carbons (Fsp3) is 0.538. The molecule has 0 saturated heterocycles. The van der Waals surface area contributed by atoms with Gasteiger partial charge in [0, 0.05) is 12.2 Å². The molecule has 0 aliphatic heterocycles. The van der Waals surface area contributed by atoms with Crippen LogP contribution in [0.2, 0.25) is 0 Å². The number of aliphatic hydroxyl groups is 1. The van der Waals surface area contributed by atoms with E-state index in [-0.39, 0.29) is 6.61 Å². The molecule has 3 nitrogen and oxygen atoms in total. The highest BCUT2D eigenvalue weighted by Gasteiger charge is 1.93. The fourth-order valence-electron chi connectivity index (χ4n) is 1.56. The summed E-state index contributed by atoms with van der Waals surface area (Å²) in [6, 6.07) is 7.92. The lowest BCUT2D eigenvalue weighted by molar-refractivity contribution is 0.282. The molecule has 1 rings (SSSR count). The van der Waals surface area contributed by atoms with Crippen molar-refractivity contribution in [1.82, 2.24) is 5.32 Å². The minimum Gasteiger partial charge on any atom is -0.392 e. The van der Waals surface area contributed by atoms with Crippen molar-refractivity contribution in [2.24, 2.45) is 0 Å². The molecule has 0 fully saturated rings. The van der Waals surface area contributed by atoms with E-state index in [2.05, 4.69) is 10.6 Å². The molecule has 0 saturated carbocycles. The standard InChI is InChI=1S/C13H22N2O/c1-14-9-3-2-4-10-15-13-7-5-12(11-16)6-8-13/h5-8,14-16H,2-4,9-11H2,1H3. The normalized spacial score (nSPS) is 10.4. The SMILES string of the molecule is CNCCCCCNc1ccc(CO)cc1. The van der Waals surface area contributed by atoms with Crippen LogP contribution in [0.15, 0.2) is 24.3 Å². The van der Waals surface area contributed by atoms with E-state index >= 15 is 0 Å². The molecule has 0 amide bonds. The first kappa shape index (κ1) is 13.0. The summed E-state index contributed by atoms with van der Waals surface area (Å²) in [6.07, 6.45) is 3.69. The van der Waals surface area contributed by atoms with Gasteiger partial charge in [0.1, 0.15) is 0 Å². The first-order valence-corrected chi connectivity index (χ1v) is 5.95. The minimum atomic E-state index is 0.115. The van der Waals surface area contributed by atoms with Crippen molar-refractivity contribution in [3.8, 4) is 0 Å². The zero-order valence-corrected chi connectivity index (χ0v) is 10.00. The first-order valence-electron chi connectivity index (χ1n) is 5.95. The molecule has 0 atom stereocenters. The van der Waals surface area contributed by atoms with Crippen molar-refractivity contribution < 1.29 is 5.11 Å². The second-order valence-corrected chi connectivity index (χ2v) is 3.95. The van der Waals surface area contributed by atoms with Gasteiger partial charge in [0.2, 0.25) is 0 Å². The summed E-state index contributed by atoms with van der Waals surface area (Å²) < 4.78 is 0. The zero-order chi connectivity index (χ0) is 11.6. The fourth-order valence-corrected chi connectivity index (χ4v) is 1.56. The number of rotatable bonds is 8. The second kappa shape index (κ2) is 8.13. The van der Waals surface area contributed by atoms with Crippen LogP contribution in [-0.4, -0.2) is 25.2 Å². The highest BCUT2D eigenvalue weighted by molar-refractivity contribution is 5.44. The molecule has 16 heavy (non-hydrogen) atoms. The van der Waals surface area contributed by atoms with Crippen LogP contribution in [-0.2, 0) is 6.61 Å². The van der Waals surface area contributed by atoms with Crippen molar-refractivity contribution in [2.45, 2.75) is 25.9 Å². The molecule has 0 unspecified atom stereocenters. The van der Waals surface area contributed by atoms with Crippen LogP contribution >= 0.6 is 0 Å². The first-order chi connectivity index (χ1) is 7.86. The van der Waals surface area contributed by atoms with Gasteiger partial charge >= 0.3 is 0 Å². The van der Waals surface area contributed by atoms with Gasteiger partial charge < -0.3 is 15.7 Å². The molecular formula is C13H22N2O. The van der Waals surface area contributed by atoms with E-state index in [1.807, 2.05) is 31.3 Å². The van der Waals surface area contributed by atoms with Crippen LogP contribution in [0.5, 0.6) is 0 Å². The highest BCUT2D eigenvalue weighted by Crippen LogP contribution is 2.09. The third-order valence-corrected chi connectivity index (χ3v) is 2.57. The molecule has 0 heterocycles. The summed E-state index contributed by atoms with van der Waals surface area (Å²) in [5, 5.41) is 15.4. The second-order valence-electron chi connectivity index (χ2n) is 3.95. The largest absolute Gasteiger partial charge is 0.392 e. The zero-order valence-electron chi connectivity index (χ0n) is 10.00. The molecule has 1 aromatic carbocycles. The Kier molecular flexibility index (Phi) is 6.61. The Hall–Kier alpha value is -1.06. The van der Waals surface area contributed by atoms with Gasteiger partial charge in [-0.25, -0.2) is 0 Å². The molecule has 90 valence electrons. The molecule has 1 aromatic rings. The lowest BCUT2D eigenvalue weighted by atomic mass is 10.2. The van der Waals surface area contributed by atoms with Crippen LogP contribution in [0.4, 0.5) is 5.69 Å². The molecule has 3 heteroatoms. The number of aliphatic hydroxyl groups excluding tert-OH is 1. The third-order valence-electron chi connectivity index (χ3n) is 2.57. The van der Waals surface area contributed by atoms with E-state index < -0.39 is 0 Å². The number of hydrogen-bond donors (Lipinski definition) is 3. The van der Waals surface area contributed by atoms with Gasteiger partial charge in [0.05, 0.1) is 6.61 Å². The van der Waals surface area contributed by atoms with Gasteiger partial charge in [-0.2, -0.15) is 0 Å². The molecule has 0 aromatic heterocycles. The van der Waals surface area contributed by atoms with Crippen molar-refractivity contribution >= 4 is 5.69 Å². The molecule has 0 spiro atoms. The van der Waals surface area contributed by atoms with Gasteiger partial charge in [-0.1, -0.05) is 18.6 Å².